The van der Waals surface area contributed by atoms with Gasteiger partial charge in [-0.3, -0.25) is 10.1 Å². The van der Waals surface area contributed by atoms with Gasteiger partial charge in [0.15, 0.2) is 5.13 Å². The van der Waals surface area contributed by atoms with Crippen molar-refractivity contribution in [1.29, 1.82) is 0 Å². The third-order valence-electron chi connectivity index (χ3n) is 7.00. The molecule has 11 nitrogen and oxygen atoms in total. The summed E-state index contributed by atoms with van der Waals surface area (Å²) >= 11 is 13.8. The summed E-state index contributed by atoms with van der Waals surface area (Å²) in [4.78, 5) is 23.3. The predicted octanol–water partition coefficient (Wildman–Crippen LogP) is 5.23. The lowest BCUT2D eigenvalue weighted by Crippen LogP contribution is -2.46. The quantitative estimate of drug-likeness (QED) is 0.184. The Morgan fingerprint density at radius 3 is 2.59 bits per heavy atom. The highest BCUT2D eigenvalue weighted by Crippen LogP contribution is 2.40. The van der Waals surface area contributed by atoms with E-state index in [-0.39, 0.29) is 11.1 Å². The maximum absolute atomic E-state index is 11.0. The summed E-state index contributed by atoms with van der Waals surface area (Å²) < 4.78 is 20.7. The molecule has 0 saturated carbocycles. The van der Waals surface area contributed by atoms with E-state index in [9.17, 15) is 10.1 Å². The lowest BCUT2D eigenvalue weighted by atomic mass is 10.1. The molecule has 2 aromatic carbocycles. The van der Waals surface area contributed by atoms with Crippen LogP contribution in [0.1, 0.15) is 5.56 Å². The van der Waals surface area contributed by atoms with Gasteiger partial charge in [-0.15, -0.1) is 0 Å². The van der Waals surface area contributed by atoms with E-state index in [0.717, 1.165) is 49.0 Å². The number of hydrogen-bond donors (Lipinski definition) is 0. The third kappa shape index (κ3) is 6.11. The van der Waals surface area contributed by atoms with Gasteiger partial charge in [0.1, 0.15) is 24.7 Å². The molecule has 4 aromatic rings. The van der Waals surface area contributed by atoms with Crippen molar-refractivity contribution in [2.24, 2.45) is 0 Å². The number of nitro groups is 1. The minimum atomic E-state index is -1.11. The smallest absolute Gasteiger partial charge is 0.345 e. The largest absolute Gasteiger partial charge is 0.491 e. The Kier molecular flexibility index (Phi) is 8.00. The lowest BCUT2D eigenvalue weighted by molar-refractivity contribution is -0.380. The molecule has 0 radical (unpaired) electrons. The van der Waals surface area contributed by atoms with Crippen molar-refractivity contribution in [3.63, 3.8) is 0 Å². The lowest BCUT2D eigenvalue weighted by Gasteiger charge is -2.35. The molecular formula is C27H26Cl2N6O5S. The number of aromatic nitrogens is 3. The van der Waals surface area contributed by atoms with Crippen molar-refractivity contribution in [2.45, 2.75) is 18.4 Å². The van der Waals surface area contributed by atoms with Gasteiger partial charge in [-0.1, -0.05) is 29.3 Å². The van der Waals surface area contributed by atoms with Crippen LogP contribution in [-0.2, 0) is 21.8 Å². The Hall–Kier alpha value is -3.42. The average molecular weight is 618 g/mol. The molecule has 0 spiro atoms. The zero-order chi connectivity index (χ0) is 28.4. The number of rotatable bonds is 9. The van der Waals surface area contributed by atoms with Gasteiger partial charge < -0.3 is 28.6 Å². The molecule has 0 N–H and O–H groups in total. The van der Waals surface area contributed by atoms with Crippen molar-refractivity contribution >= 4 is 50.4 Å². The molecule has 0 amide bonds. The molecule has 4 heterocycles. The zero-order valence-electron chi connectivity index (χ0n) is 21.8. The first-order valence-electron chi connectivity index (χ1n) is 12.9. The van der Waals surface area contributed by atoms with Gasteiger partial charge >= 0.3 is 5.00 Å². The Morgan fingerprint density at radius 1 is 1.12 bits per heavy atom. The van der Waals surface area contributed by atoms with Gasteiger partial charge in [0.25, 0.3) is 0 Å². The number of halogens is 2. The normalized spacial score (nSPS) is 20.9. The number of thiazole rings is 1. The van der Waals surface area contributed by atoms with Crippen molar-refractivity contribution in [1.82, 2.24) is 14.5 Å². The maximum atomic E-state index is 11.0. The number of hydrogen-bond acceptors (Lipinski definition) is 10. The van der Waals surface area contributed by atoms with Crippen LogP contribution in [0.5, 0.6) is 5.75 Å². The molecule has 2 fully saturated rings. The first-order chi connectivity index (χ1) is 19.9. The van der Waals surface area contributed by atoms with E-state index in [1.54, 1.807) is 24.7 Å². The topological polar surface area (TPSA) is 108 Å². The van der Waals surface area contributed by atoms with Gasteiger partial charge in [-0.25, -0.2) is 9.97 Å². The molecule has 2 unspecified atom stereocenters. The van der Waals surface area contributed by atoms with Crippen LogP contribution in [0, 0.1) is 10.1 Å². The molecule has 0 aliphatic carbocycles. The van der Waals surface area contributed by atoms with Gasteiger partial charge in [-0.05, 0) is 47.7 Å². The van der Waals surface area contributed by atoms with Crippen LogP contribution in [0.3, 0.4) is 0 Å². The summed E-state index contributed by atoms with van der Waals surface area (Å²) in [5.41, 5.74) is 1.77. The highest BCUT2D eigenvalue weighted by molar-refractivity contribution is 7.18. The fraction of sp³-hybridized carbons (Fsp3) is 0.333. The molecule has 2 aliphatic rings. The predicted molar refractivity (Wildman–Crippen MR) is 156 cm³/mol. The highest BCUT2D eigenvalue weighted by atomic mass is 35.5. The zero-order valence-corrected chi connectivity index (χ0v) is 24.1. The fourth-order valence-corrected chi connectivity index (χ4v) is 6.30. The third-order valence-corrected chi connectivity index (χ3v) is 8.56. The first kappa shape index (κ1) is 27.7. The average Bonchev–Trinajstić information content (AvgIpc) is 3.75. The van der Waals surface area contributed by atoms with Crippen LogP contribution in [0.4, 0.5) is 15.8 Å². The molecule has 41 heavy (non-hydrogen) atoms. The second-order valence-corrected chi connectivity index (χ2v) is 11.5. The van der Waals surface area contributed by atoms with E-state index in [1.807, 2.05) is 41.1 Å². The summed E-state index contributed by atoms with van der Waals surface area (Å²) in [5.74, 6) is -0.380. The second kappa shape index (κ2) is 11.8. The molecule has 214 valence electrons. The molecule has 2 aromatic heterocycles. The number of ether oxygens (including phenoxy) is 3. The van der Waals surface area contributed by atoms with Crippen LogP contribution in [0.25, 0.3) is 0 Å². The summed E-state index contributed by atoms with van der Waals surface area (Å²) in [5, 5.41) is 12.7. The second-order valence-electron chi connectivity index (χ2n) is 9.68. The van der Waals surface area contributed by atoms with Crippen LogP contribution < -0.4 is 14.5 Å². The Balaban J connectivity index is 1.05. The minimum Gasteiger partial charge on any atom is -0.491 e. The molecule has 14 heteroatoms. The number of imidazole rings is 1. The number of benzene rings is 2. The standard InChI is InChI=1S/C27H26Cl2N6O5S/c28-19-1-6-23(24(29)13-19)27(17-32-8-7-30-18-32)39-16-22(40-27)15-38-21-4-2-20(3-5-21)33-9-11-34(12-10-33)26-31-14-25(41-26)35(36)37/h1-8,13-14,18,22H,9-12,15-17H2. The molecule has 2 saturated heterocycles. The van der Waals surface area contributed by atoms with Gasteiger partial charge in [0.2, 0.25) is 5.79 Å². The van der Waals surface area contributed by atoms with Crippen LogP contribution in [-0.4, -0.2) is 65.0 Å². The van der Waals surface area contributed by atoms with E-state index in [2.05, 4.69) is 19.8 Å². The van der Waals surface area contributed by atoms with E-state index in [1.165, 1.54) is 6.20 Å². The highest BCUT2D eigenvalue weighted by Gasteiger charge is 2.45. The summed E-state index contributed by atoms with van der Waals surface area (Å²) in [6.07, 6.45) is 6.24. The number of nitrogens with zero attached hydrogens (tertiary/aromatic N) is 6. The molecule has 2 atom stereocenters. The first-order valence-corrected chi connectivity index (χ1v) is 14.5. The van der Waals surface area contributed by atoms with E-state index in [4.69, 9.17) is 37.4 Å². The van der Waals surface area contributed by atoms with Crippen molar-refractivity contribution in [3.05, 3.63) is 93.1 Å². The Labute approximate surface area is 249 Å². The number of anilines is 2. The molecule has 2 aliphatic heterocycles. The fourth-order valence-electron chi connectivity index (χ4n) is 4.96. The molecular weight excluding hydrogens is 591 g/mol. The van der Waals surface area contributed by atoms with E-state index >= 15 is 0 Å². The van der Waals surface area contributed by atoms with E-state index < -0.39 is 10.7 Å². The molecule has 6 rings (SSSR count). The molecule has 0 bridgehead atoms. The van der Waals surface area contributed by atoms with E-state index in [0.29, 0.717) is 40.5 Å². The Bertz CT molecular complexity index is 1500. The van der Waals surface area contributed by atoms with Crippen molar-refractivity contribution < 1.29 is 19.1 Å². The summed E-state index contributed by atoms with van der Waals surface area (Å²) in [6.45, 7) is 4.04. The SMILES string of the molecule is O=[N+]([O-])c1cnc(N2CCN(c3ccc(OCC4COC(Cn5ccnc5)(c5ccc(Cl)cc5Cl)O4)cc3)CC2)s1. The van der Waals surface area contributed by atoms with Crippen molar-refractivity contribution in [3.8, 4) is 5.75 Å². The minimum absolute atomic E-state index is 0.0604. The summed E-state index contributed by atoms with van der Waals surface area (Å²) in [7, 11) is 0. The monoisotopic (exact) mass is 616 g/mol. The Morgan fingerprint density at radius 2 is 1.90 bits per heavy atom. The summed E-state index contributed by atoms with van der Waals surface area (Å²) in [6, 6.07) is 13.2. The van der Waals surface area contributed by atoms with Crippen molar-refractivity contribution in [2.75, 3.05) is 49.2 Å². The number of piperazine rings is 1. The van der Waals surface area contributed by atoms with Gasteiger partial charge in [-0.2, -0.15) is 0 Å². The van der Waals surface area contributed by atoms with Crippen LogP contribution in [0.2, 0.25) is 10.0 Å². The van der Waals surface area contributed by atoms with Crippen LogP contribution >= 0.6 is 34.5 Å². The van der Waals surface area contributed by atoms with Gasteiger partial charge in [0, 0.05) is 54.8 Å². The van der Waals surface area contributed by atoms with Crippen LogP contribution in [0.15, 0.2) is 67.4 Å². The maximum Gasteiger partial charge on any atom is 0.345 e. The van der Waals surface area contributed by atoms with Gasteiger partial charge in [0.05, 0.1) is 29.4 Å².